The number of unbranched alkanes of at least 4 members (excludes halogenated alkanes) is 1. The highest BCUT2D eigenvalue weighted by Crippen LogP contribution is 1.97. The number of hydrogen-bond donors (Lipinski definition) is 1. The molecule has 0 bridgehead atoms. The Bertz CT molecular complexity index is 367. The van der Waals surface area contributed by atoms with Gasteiger partial charge in [-0.15, -0.1) is 0 Å². The van der Waals surface area contributed by atoms with Crippen molar-refractivity contribution < 1.29 is 9.53 Å². The SMILES string of the molecule is CCCCOCCCNC(=O)c1cccc(C)n1. The molecular formula is C14H22N2O2. The van der Waals surface area contributed by atoms with Crippen molar-refractivity contribution in [2.45, 2.75) is 33.1 Å². The number of ether oxygens (including phenoxy) is 1. The van der Waals surface area contributed by atoms with Crippen LogP contribution in [0.4, 0.5) is 0 Å². The molecule has 1 aromatic rings. The van der Waals surface area contributed by atoms with Crippen molar-refractivity contribution in [2.24, 2.45) is 0 Å². The number of pyridine rings is 1. The normalized spacial score (nSPS) is 10.3. The first kappa shape index (κ1) is 14.6. The zero-order chi connectivity index (χ0) is 13.2. The summed E-state index contributed by atoms with van der Waals surface area (Å²) in [4.78, 5) is 15.9. The molecule has 1 amide bonds. The van der Waals surface area contributed by atoms with Gasteiger partial charge in [-0.3, -0.25) is 4.79 Å². The molecule has 0 radical (unpaired) electrons. The third-order valence-corrected chi connectivity index (χ3v) is 2.51. The molecule has 0 aliphatic carbocycles. The van der Waals surface area contributed by atoms with Crippen molar-refractivity contribution in [2.75, 3.05) is 19.8 Å². The molecular weight excluding hydrogens is 228 g/mol. The Morgan fingerprint density at radius 1 is 1.33 bits per heavy atom. The minimum absolute atomic E-state index is 0.118. The average Bonchev–Trinajstić information content (AvgIpc) is 2.37. The van der Waals surface area contributed by atoms with Gasteiger partial charge in [0.2, 0.25) is 0 Å². The molecule has 0 aliphatic heterocycles. The van der Waals surface area contributed by atoms with Crippen molar-refractivity contribution in [3.05, 3.63) is 29.6 Å². The second kappa shape index (κ2) is 8.64. The Hall–Kier alpha value is -1.42. The number of hydrogen-bond acceptors (Lipinski definition) is 3. The van der Waals surface area contributed by atoms with E-state index in [-0.39, 0.29) is 5.91 Å². The van der Waals surface area contributed by atoms with E-state index in [1.54, 1.807) is 6.07 Å². The lowest BCUT2D eigenvalue weighted by Crippen LogP contribution is -2.26. The molecule has 0 unspecified atom stereocenters. The highest BCUT2D eigenvalue weighted by Gasteiger charge is 2.05. The third-order valence-electron chi connectivity index (χ3n) is 2.51. The molecule has 0 saturated heterocycles. The Morgan fingerprint density at radius 3 is 2.83 bits per heavy atom. The van der Waals surface area contributed by atoms with E-state index in [0.717, 1.165) is 31.6 Å². The molecule has 0 aliphatic rings. The van der Waals surface area contributed by atoms with Crippen molar-refractivity contribution in [3.63, 3.8) is 0 Å². The second-order valence-electron chi connectivity index (χ2n) is 4.24. The zero-order valence-electron chi connectivity index (χ0n) is 11.2. The lowest BCUT2D eigenvalue weighted by molar-refractivity contribution is 0.0935. The molecule has 100 valence electrons. The zero-order valence-corrected chi connectivity index (χ0v) is 11.2. The Kier molecular flexibility index (Phi) is 7.03. The maximum atomic E-state index is 11.7. The number of carbonyl (C=O) groups excluding carboxylic acids is 1. The summed E-state index contributed by atoms with van der Waals surface area (Å²) in [5, 5.41) is 2.84. The molecule has 1 N–H and O–H groups in total. The molecule has 1 rings (SSSR count). The van der Waals surface area contributed by atoms with Crippen LogP contribution in [-0.4, -0.2) is 30.6 Å². The van der Waals surface area contributed by atoms with Crippen LogP contribution in [0.2, 0.25) is 0 Å². The van der Waals surface area contributed by atoms with E-state index in [4.69, 9.17) is 4.74 Å². The first-order valence-electron chi connectivity index (χ1n) is 6.53. The largest absolute Gasteiger partial charge is 0.381 e. The first-order valence-corrected chi connectivity index (χ1v) is 6.53. The number of nitrogens with one attached hydrogen (secondary N) is 1. The molecule has 0 fully saturated rings. The van der Waals surface area contributed by atoms with Gasteiger partial charge in [-0.25, -0.2) is 4.98 Å². The van der Waals surface area contributed by atoms with Crippen LogP contribution in [0, 0.1) is 6.92 Å². The van der Waals surface area contributed by atoms with Crippen LogP contribution in [0.3, 0.4) is 0 Å². The Balaban J connectivity index is 2.14. The molecule has 18 heavy (non-hydrogen) atoms. The standard InChI is InChI=1S/C14H22N2O2/c1-3-4-10-18-11-6-9-15-14(17)13-8-5-7-12(2)16-13/h5,7-8H,3-4,6,9-11H2,1-2H3,(H,15,17). The van der Waals surface area contributed by atoms with Crippen LogP contribution in [-0.2, 0) is 4.74 Å². The van der Waals surface area contributed by atoms with Gasteiger partial charge in [-0.05, 0) is 31.9 Å². The van der Waals surface area contributed by atoms with E-state index in [1.165, 1.54) is 0 Å². The summed E-state index contributed by atoms with van der Waals surface area (Å²) in [6.07, 6.45) is 3.08. The molecule has 1 aromatic heterocycles. The molecule has 0 saturated carbocycles. The van der Waals surface area contributed by atoms with Gasteiger partial charge in [0.15, 0.2) is 0 Å². The number of aryl methyl sites for hydroxylation is 1. The molecule has 0 spiro atoms. The number of rotatable bonds is 8. The highest BCUT2D eigenvalue weighted by molar-refractivity contribution is 5.92. The number of aromatic nitrogens is 1. The summed E-state index contributed by atoms with van der Waals surface area (Å²) in [7, 11) is 0. The van der Waals surface area contributed by atoms with Crippen LogP contribution in [0.1, 0.15) is 42.4 Å². The summed E-state index contributed by atoms with van der Waals surface area (Å²) in [6, 6.07) is 5.43. The van der Waals surface area contributed by atoms with Gasteiger partial charge >= 0.3 is 0 Å². The van der Waals surface area contributed by atoms with E-state index in [9.17, 15) is 4.79 Å². The molecule has 0 aromatic carbocycles. The summed E-state index contributed by atoms with van der Waals surface area (Å²) in [6.45, 7) is 6.14. The number of nitrogens with zero attached hydrogens (tertiary/aromatic N) is 1. The maximum Gasteiger partial charge on any atom is 0.269 e. The van der Waals surface area contributed by atoms with Crippen LogP contribution in [0.15, 0.2) is 18.2 Å². The van der Waals surface area contributed by atoms with Gasteiger partial charge in [0.1, 0.15) is 5.69 Å². The van der Waals surface area contributed by atoms with Crippen LogP contribution in [0.25, 0.3) is 0 Å². The fourth-order valence-corrected chi connectivity index (χ4v) is 1.48. The number of amides is 1. The predicted molar refractivity (Wildman–Crippen MR) is 71.7 cm³/mol. The van der Waals surface area contributed by atoms with Crippen LogP contribution < -0.4 is 5.32 Å². The Morgan fingerprint density at radius 2 is 2.11 bits per heavy atom. The topological polar surface area (TPSA) is 51.2 Å². The van der Waals surface area contributed by atoms with Gasteiger partial charge in [-0.1, -0.05) is 19.4 Å². The van der Waals surface area contributed by atoms with E-state index >= 15 is 0 Å². The van der Waals surface area contributed by atoms with Gasteiger partial charge in [0.25, 0.3) is 5.91 Å². The van der Waals surface area contributed by atoms with Gasteiger partial charge in [-0.2, -0.15) is 0 Å². The lowest BCUT2D eigenvalue weighted by atomic mass is 10.3. The van der Waals surface area contributed by atoms with Gasteiger partial charge in [0, 0.05) is 25.5 Å². The van der Waals surface area contributed by atoms with E-state index in [0.29, 0.717) is 18.8 Å². The monoisotopic (exact) mass is 250 g/mol. The van der Waals surface area contributed by atoms with E-state index in [1.807, 2.05) is 19.1 Å². The third kappa shape index (κ3) is 5.77. The fraction of sp³-hybridized carbons (Fsp3) is 0.571. The Labute approximate surface area is 109 Å². The summed E-state index contributed by atoms with van der Waals surface area (Å²) < 4.78 is 5.41. The van der Waals surface area contributed by atoms with Crippen molar-refractivity contribution in [1.29, 1.82) is 0 Å². The average molecular weight is 250 g/mol. The second-order valence-corrected chi connectivity index (χ2v) is 4.24. The molecule has 0 atom stereocenters. The maximum absolute atomic E-state index is 11.7. The lowest BCUT2D eigenvalue weighted by Gasteiger charge is -2.06. The van der Waals surface area contributed by atoms with Crippen molar-refractivity contribution in [1.82, 2.24) is 10.3 Å². The molecule has 1 heterocycles. The minimum Gasteiger partial charge on any atom is -0.381 e. The van der Waals surface area contributed by atoms with E-state index in [2.05, 4.69) is 17.2 Å². The summed E-state index contributed by atoms with van der Waals surface area (Å²) in [5.74, 6) is -0.118. The van der Waals surface area contributed by atoms with Gasteiger partial charge in [0.05, 0.1) is 0 Å². The highest BCUT2D eigenvalue weighted by atomic mass is 16.5. The number of carbonyl (C=O) groups is 1. The first-order chi connectivity index (χ1) is 8.74. The minimum atomic E-state index is -0.118. The van der Waals surface area contributed by atoms with Crippen molar-refractivity contribution >= 4 is 5.91 Å². The van der Waals surface area contributed by atoms with Crippen LogP contribution >= 0.6 is 0 Å². The quantitative estimate of drug-likeness (QED) is 0.720. The summed E-state index contributed by atoms with van der Waals surface area (Å²) in [5.41, 5.74) is 1.33. The predicted octanol–water partition coefficient (Wildman–Crippen LogP) is 2.33. The summed E-state index contributed by atoms with van der Waals surface area (Å²) >= 11 is 0. The smallest absolute Gasteiger partial charge is 0.269 e. The fourth-order valence-electron chi connectivity index (χ4n) is 1.48. The molecule has 4 nitrogen and oxygen atoms in total. The van der Waals surface area contributed by atoms with Crippen LogP contribution in [0.5, 0.6) is 0 Å². The van der Waals surface area contributed by atoms with Crippen molar-refractivity contribution in [3.8, 4) is 0 Å². The van der Waals surface area contributed by atoms with E-state index < -0.39 is 0 Å². The van der Waals surface area contributed by atoms with Gasteiger partial charge < -0.3 is 10.1 Å². The molecule has 4 heteroatoms.